The lowest BCUT2D eigenvalue weighted by Crippen LogP contribution is -2.01. The number of aromatic nitrogens is 1. The number of nitrogens with zero attached hydrogens (tertiary/aromatic N) is 1. The molecule has 19 heavy (non-hydrogen) atoms. The van der Waals surface area contributed by atoms with E-state index in [-0.39, 0.29) is 24.2 Å². The number of hydrogen-bond donors (Lipinski definition) is 2. The van der Waals surface area contributed by atoms with Gasteiger partial charge < -0.3 is 10.8 Å². The fourth-order valence-corrected chi connectivity index (χ4v) is 2.10. The molecule has 0 unspecified atom stereocenters. The third-order valence-electron chi connectivity index (χ3n) is 3.31. The highest BCUT2D eigenvalue weighted by Crippen LogP contribution is 2.39. The van der Waals surface area contributed by atoms with Crippen LogP contribution >= 0.6 is 12.4 Å². The molecule has 1 saturated carbocycles. The van der Waals surface area contributed by atoms with Crippen LogP contribution in [0.15, 0.2) is 36.5 Å². The maximum absolute atomic E-state index is 13.7. The minimum atomic E-state index is -0.638. The average molecular weight is 281 g/mol. The highest BCUT2D eigenvalue weighted by atomic mass is 35.5. The molecule has 1 aliphatic rings. The molecule has 1 aromatic carbocycles. The molecule has 3 rings (SSSR count). The van der Waals surface area contributed by atoms with Crippen molar-refractivity contribution < 1.29 is 9.50 Å². The maximum Gasteiger partial charge on any atom is 0.174 e. The second-order valence-corrected chi connectivity index (χ2v) is 4.62. The van der Waals surface area contributed by atoms with Gasteiger partial charge in [-0.3, -0.25) is 4.98 Å². The normalized spacial score (nSPS) is 20.7. The summed E-state index contributed by atoms with van der Waals surface area (Å²) in [5.41, 5.74) is 7.68. The monoisotopic (exact) mass is 280 g/mol. The second kappa shape index (κ2) is 5.15. The van der Waals surface area contributed by atoms with Gasteiger partial charge in [-0.05, 0) is 30.2 Å². The van der Waals surface area contributed by atoms with Crippen LogP contribution in [-0.2, 0) is 0 Å². The van der Waals surface area contributed by atoms with Crippen molar-refractivity contribution in [2.75, 3.05) is 0 Å². The summed E-state index contributed by atoms with van der Waals surface area (Å²) >= 11 is 0. The molecule has 1 fully saturated rings. The van der Waals surface area contributed by atoms with E-state index in [2.05, 4.69) is 4.98 Å². The highest BCUT2D eigenvalue weighted by Gasteiger charge is 2.34. The topological polar surface area (TPSA) is 59.1 Å². The Bertz CT molecular complexity index is 588. The van der Waals surface area contributed by atoms with Gasteiger partial charge in [-0.2, -0.15) is 0 Å². The van der Waals surface area contributed by atoms with Crippen molar-refractivity contribution in [2.24, 2.45) is 5.73 Å². The van der Waals surface area contributed by atoms with E-state index in [0.29, 0.717) is 17.2 Å². The minimum Gasteiger partial charge on any atom is -0.505 e. The predicted octanol–water partition coefficient (Wildman–Crippen LogP) is 2.83. The molecule has 1 aromatic heterocycles. The summed E-state index contributed by atoms with van der Waals surface area (Å²) in [6.07, 6.45) is 2.72. The molecule has 0 spiro atoms. The van der Waals surface area contributed by atoms with E-state index < -0.39 is 5.82 Å². The molecule has 2 aromatic rings. The van der Waals surface area contributed by atoms with Crippen molar-refractivity contribution >= 4 is 12.4 Å². The largest absolute Gasteiger partial charge is 0.505 e. The summed E-state index contributed by atoms with van der Waals surface area (Å²) in [7, 11) is 0. The first kappa shape index (κ1) is 13.8. The Balaban J connectivity index is 0.00000133. The van der Waals surface area contributed by atoms with Crippen molar-refractivity contribution in [1.82, 2.24) is 4.98 Å². The SMILES string of the molecule is Cl.N[C@H]1C[C@@H]1c1ccc(-c2cccc(O)c2F)nc1. The van der Waals surface area contributed by atoms with E-state index in [9.17, 15) is 9.50 Å². The zero-order valence-corrected chi connectivity index (χ0v) is 10.9. The average Bonchev–Trinajstić information content (AvgIpc) is 3.10. The van der Waals surface area contributed by atoms with Gasteiger partial charge >= 0.3 is 0 Å². The number of benzene rings is 1. The number of halogens is 2. The number of aromatic hydroxyl groups is 1. The number of rotatable bonds is 2. The van der Waals surface area contributed by atoms with Crippen molar-refractivity contribution in [3.05, 3.63) is 47.9 Å². The van der Waals surface area contributed by atoms with E-state index >= 15 is 0 Å². The van der Waals surface area contributed by atoms with Crippen molar-refractivity contribution in [1.29, 1.82) is 0 Å². The van der Waals surface area contributed by atoms with Crippen LogP contribution in [0.25, 0.3) is 11.3 Å². The van der Waals surface area contributed by atoms with Gasteiger partial charge in [0.2, 0.25) is 0 Å². The highest BCUT2D eigenvalue weighted by molar-refractivity contribution is 5.85. The van der Waals surface area contributed by atoms with Crippen LogP contribution in [0.5, 0.6) is 5.75 Å². The summed E-state index contributed by atoms with van der Waals surface area (Å²) in [4.78, 5) is 4.24. The van der Waals surface area contributed by atoms with E-state index in [1.165, 1.54) is 6.07 Å². The van der Waals surface area contributed by atoms with Crippen LogP contribution in [0.2, 0.25) is 0 Å². The van der Waals surface area contributed by atoms with Gasteiger partial charge in [0.15, 0.2) is 11.6 Å². The summed E-state index contributed by atoms with van der Waals surface area (Å²) in [5.74, 6) is -0.607. The van der Waals surface area contributed by atoms with E-state index in [1.54, 1.807) is 24.4 Å². The number of nitrogens with two attached hydrogens (primary N) is 1. The molecule has 0 amide bonds. The zero-order valence-electron chi connectivity index (χ0n) is 10.1. The molecule has 3 N–H and O–H groups in total. The van der Waals surface area contributed by atoms with Gasteiger partial charge in [0.25, 0.3) is 0 Å². The van der Waals surface area contributed by atoms with Gasteiger partial charge in [-0.25, -0.2) is 4.39 Å². The van der Waals surface area contributed by atoms with Crippen LogP contribution in [-0.4, -0.2) is 16.1 Å². The van der Waals surface area contributed by atoms with Gasteiger partial charge in [0.1, 0.15) is 0 Å². The Morgan fingerprint density at radius 2 is 2.00 bits per heavy atom. The van der Waals surface area contributed by atoms with Crippen LogP contribution < -0.4 is 5.73 Å². The van der Waals surface area contributed by atoms with Crippen LogP contribution in [0.4, 0.5) is 4.39 Å². The minimum absolute atomic E-state index is 0. The Morgan fingerprint density at radius 1 is 1.26 bits per heavy atom. The molecule has 0 saturated heterocycles. The van der Waals surface area contributed by atoms with Crippen LogP contribution in [0.3, 0.4) is 0 Å². The molecular formula is C14H14ClFN2O. The Hall–Kier alpha value is -1.65. The molecule has 5 heteroatoms. The molecule has 3 nitrogen and oxygen atoms in total. The molecular weight excluding hydrogens is 267 g/mol. The first-order valence-electron chi connectivity index (χ1n) is 5.86. The fraction of sp³-hybridized carbons (Fsp3) is 0.214. The third-order valence-corrected chi connectivity index (χ3v) is 3.31. The van der Waals surface area contributed by atoms with Crippen molar-refractivity contribution in [3.8, 4) is 17.0 Å². The smallest absolute Gasteiger partial charge is 0.174 e. The molecule has 100 valence electrons. The Kier molecular flexibility index (Phi) is 3.73. The molecule has 1 aliphatic carbocycles. The van der Waals surface area contributed by atoms with Gasteiger partial charge in [0, 0.05) is 23.7 Å². The molecule has 0 radical (unpaired) electrons. The molecule has 2 atom stereocenters. The van der Waals surface area contributed by atoms with E-state index in [1.807, 2.05) is 6.07 Å². The third kappa shape index (κ3) is 2.55. The van der Waals surface area contributed by atoms with Crippen LogP contribution in [0, 0.1) is 5.82 Å². The first-order chi connectivity index (χ1) is 8.66. The van der Waals surface area contributed by atoms with Crippen molar-refractivity contribution in [2.45, 2.75) is 18.4 Å². The summed E-state index contributed by atoms with van der Waals surface area (Å²) in [5, 5.41) is 9.33. The number of phenols is 1. The van der Waals surface area contributed by atoms with Gasteiger partial charge in [0.05, 0.1) is 5.69 Å². The summed E-state index contributed by atoms with van der Waals surface area (Å²) < 4.78 is 13.7. The number of hydrogen-bond acceptors (Lipinski definition) is 3. The Morgan fingerprint density at radius 3 is 2.58 bits per heavy atom. The first-order valence-corrected chi connectivity index (χ1v) is 5.86. The lowest BCUT2D eigenvalue weighted by atomic mass is 10.1. The Labute approximate surface area is 116 Å². The van der Waals surface area contributed by atoms with Gasteiger partial charge in [-0.1, -0.05) is 12.1 Å². The summed E-state index contributed by atoms with van der Waals surface area (Å²) in [6.45, 7) is 0. The fourth-order valence-electron chi connectivity index (χ4n) is 2.10. The number of phenolic OH excluding ortho intramolecular Hbond substituents is 1. The lowest BCUT2D eigenvalue weighted by molar-refractivity contribution is 0.433. The number of pyridine rings is 1. The maximum atomic E-state index is 13.7. The van der Waals surface area contributed by atoms with Crippen LogP contribution in [0.1, 0.15) is 17.9 Å². The molecule has 0 bridgehead atoms. The zero-order chi connectivity index (χ0) is 12.7. The van der Waals surface area contributed by atoms with Crippen molar-refractivity contribution in [3.63, 3.8) is 0 Å². The molecule has 1 heterocycles. The summed E-state index contributed by atoms with van der Waals surface area (Å²) in [6, 6.07) is 8.42. The van der Waals surface area contributed by atoms with Gasteiger partial charge in [-0.15, -0.1) is 12.4 Å². The predicted molar refractivity (Wildman–Crippen MR) is 73.9 cm³/mol. The van der Waals surface area contributed by atoms with E-state index in [4.69, 9.17) is 5.73 Å². The molecule has 0 aliphatic heterocycles. The quantitative estimate of drug-likeness (QED) is 0.889. The standard InChI is InChI=1S/C14H13FN2O.ClH/c15-14-9(2-1-3-13(14)18)12-5-4-8(7-17-12)10-6-11(10)16;/h1-5,7,10-11,18H,6,16H2;1H/t10-,11+;/m1./s1. The second-order valence-electron chi connectivity index (χ2n) is 4.62. The lowest BCUT2D eigenvalue weighted by Gasteiger charge is -2.05. The van der Waals surface area contributed by atoms with E-state index in [0.717, 1.165) is 12.0 Å².